The predicted molar refractivity (Wildman–Crippen MR) is 92.4 cm³/mol. The fourth-order valence-corrected chi connectivity index (χ4v) is 3.10. The number of fused-ring (bicyclic) bond motifs is 1. The van der Waals surface area contributed by atoms with Gasteiger partial charge in [0.15, 0.2) is 0 Å². The van der Waals surface area contributed by atoms with Crippen molar-refractivity contribution in [3.8, 4) is 0 Å². The van der Waals surface area contributed by atoms with Crippen molar-refractivity contribution in [2.75, 3.05) is 25.1 Å². The molecule has 0 aliphatic rings. The second kappa shape index (κ2) is 7.70. The van der Waals surface area contributed by atoms with E-state index in [-0.39, 0.29) is 18.4 Å². The number of rotatable bonds is 7. The van der Waals surface area contributed by atoms with Crippen LogP contribution in [0.1, 0.15) is 12.5 Å². The summed E-state index contributed by atoms with van der Waals surface area (Å²) in [6.45, 7) is 2.35. The van der Waals surface area contributed by atoms with Gasteiger partial charge in [0, 0.05) is 35.9 Å². The fraction of sp³-hybridized carbons (Fsp3) is 0.438. The number of carbonyl (C=O) groups is 1. The van der Waals surface area contributed by atoms with Crippen molar-refractivity contribution < 1.29 is 14.3 Å². The molecule has 0 saturated heterocycles. The molecule has 0 radical (unpaired) electrons. The van der Waals surface area contributed by atoms with Gasteiger partial charge in [-0.15, -0.1) is 0 Å². The van der Waals surface area contributed by atoms with E-state index < -0.39 is 5.60 Å². The van der Waals surface area contributed by atoms with Crippen molar-refractivity contribution in [2.45, 2.75) is 18.9 Å². The second-order valence-electron chi connectivity index (χ2n) is 5.79. The Bertz CT molecular complexity index is 672. The zero-order valence-electron chi connectivity index (χ0n) is 13.3. The van der Waals surface area contributed by atoms with Gasteiger partial charge >= 0.3 is 6.03 Å². The van der Waals surface area contributed by atoms with Gasteiger partial charge in [0.05, 0.1) is 5.60 Å². The van der Waals surface area contributed by atoms with Crippen LogP contribution in [0.5, 0.6) is 0 Å². The molecule has 1 aromatic heterocycles. The van der Waals surface area contributed by atoms with Crippen molar-refractivity contribution in [3.63, 3.8) is 0 Å². The summed E-state index contributed by atoms with van der Waals surface area (Å²) in [4.78, 5) is 14.8. The Morgan fingerprint density at radius 1 is 1.43 bits per heavy atom. The summed E-state index contributed by atoms with van der Waals surface area (Å²) in [5.74, 6) is 0.278. The molecular formula is C16H22FN3O2S. The number of carbonyl (C=O) groups excluding carboxylic acids is 1. The lowest BCUT2D eigenvalue weighted by Gasteiger charge is -2.22. The zero-order valence-corrected chi connectivity index (χ0v) is 14.1. The lowest BCUT2D eigenvalue weighted by molar-refractivity contribution is 0.0869. The predicted octanol–water partition coefficient (Wildman–Crippen LogP) is 2.26. The van der Waals surface area contributed by atoms with Crippen LogP contribution >= 0.6 is 11.8 Å². The van der Waals surface area contributed by atoms with Crippen molar-refractivity contribution >= 4 is 28.7 Å². The summed E-state index contributed by atoms with van der Waals surface area (Å²) in [5, 5.41) is 16.4. The van der Waals surface area contributed by atoms with Crippen LogP contribution in [0.2, 0.25) is 0 Å². The molecule has 0 bridgehead atoms. The monoisotopic (exact) mass is 339 g/mol. The van der Waals surface area contributed by atoms with Crippen LogP contribution < -0.4 is 10.6 Å². The number of halogens is 1. The molecule has 0 aliphatic heterocycles. The lowest BCUT2D eigenvalue weighted by atomic mass is 10.1. The first-order chi connectivity index (χ1) is 10.9. The molecule has 0 saturated carbocycles. The molecule has 1 unspecified atom stereocenters. The summed E-state index contributed by atoms with van der Waals surface area (Å²) in [6.07, 6.45) is 4.37. The van der Waals surface area contributed by atoms with Crippen LogP contribution in [0.25, 0.3) is 10.9 Å². The van der Waals surface area contributed by atoms with E-state index in [2.05, 4.69) is 15.6 Å². The Morgan fingerprint density at radius 3 is 2.96 bits per heavy atom. The molecule has 5 nitrogen and oxygen atoms in total. The molecule has 1 aromatic carbocycles. The molecule has 0 spiro atoms. The first kappa shape index (κ1) is 17.6. The maximum absolute atomic E-state index is 13.1. The number of hydrogen-bond donors (Lipinski definition) is 4. The van der Waals surface area contributed by atoms with Crippen molar-refractivity contribution in [2.24, 2.45) is 0 Å². The number of aromatic nitrogens is 1. The van der Waals surface area contributed by atoms with Gasteiger partial charge in [-0.2, -0.15) is 11.8 Å². The SMILES string of the molecule is CSCC(C)(O)CNC(=O)NCCc1c[nH]c2cc(F)ccc12. The van der Waals surface area contributed by atoms with E-state index >= 15 is 0 Å². The van der Waals surface area contributed by atoms with Gasteiger partial charge in [0.25, 0.3) is 0 Å². The van der Waals surface area contributed by atoms with E-state index in [9.17, 15) is 14.3 Å². The Labute approximate surface area is 139 Å². The smallest absolute Gasteiger partial charge is 0.314 e. The third-order valence-electron chi connectivity index (χ3n) is 3.49. The van der Waals surface area contributed by atoms with Gasteiger partial charge in [-0.25, -0.2) is 9.18 Å². The van der Waals surface area contributed by atoms with E-state index in [0.717, 1.165) is 16.5 Å². The van der Waals surface area contributed by atoms with Crippen molar-refractivity contribution in [1.29, 1.82) is 0 Å². The van der Waals surface area contributed by atoms with E-state index in [1.54, 1.807) is 13.0 Å². The number of aliphatic hydroxyl groups is 1. The summed E-state index contributed by atoms with van der Waals surface area (Å²) in [7, 11) is 0. The first-order valence-corrected chi connectivity index (χ1v) is 8.79. The minimum absolute atomic E-state index is 0.200. The number of amides is 2. The molecular weight excluding hydrogens is 317 g/mol. The van der Waals surface area contributed by atoms with E-state index in [0.29, 0.717) is 18.7 Å². The Morgan fingerprint density at radius 2 is 2.22 bits per heavy atom. The molecule has 1 atom stereocenters. The van der Waals surface area contributed by atoms with Gasteiger partial charge in [0.2, 0.25) is 0 Å². The highest BCUT2D eigenvalue weighted by molar-refractivity contribution is 7.98. The standard InChI is InChI=1S/C16H22FN3O2S/c1-16(22,10-23-2)9-20-15(21)18-6-5-11-8-19-14-7-12(17)3-4-13(11)14/h3-4,7-8,19,22H,5-6,9-10H2,1-2H3,(H2,18,20,21). The van der Waals surface area contributed by atoms with Gasteiger partial charge in [0.1, 0.15) is 5.82 Å². The molecule has 2 aromatic rings. The molecule has 2 amide bonds. The molecule has 0 aliphatic carbocycles. The maximum Gasteiger partial charge on any atom is 0.314 e. The van der Waals surface area contributed by atoms with Crippen LogP contribution in [0.15, 0.2) is 24.4 Å². The number of nitrogens with one attached hydrogen (secondary N) is 3. The average Bonchev–Trinajstić information content (AvgIpc) is 2.87. The zero-order chi connectivity index (χ0) is 16.9. The highest BCUT2D eigenvalue weighted by atomic mass is 32.2. The molecule has 0 fully saturated rings. The lowest BCUT2D eigenvalue weighted by Crippen LogP contribution is -2.46. The van der Waals surface area contributed by atoms with E-state index in [4.69, 9.17) is 0 Å². The average molecular weight is 339 g/mol. The van der Waals surface area contributed by atoms with Crippen molar-refractivity contribution in [3.05, 3.63) is 35.8 Å². The van der Waals surface area contributed by atoms with Crippen LogP contribution in [-0.4, -0.2) is 46.8 Å². The molecule has 23 heavy (non-hydrogen) atoms. The minimum atomic E-state index is -0.919. The van der Waals surface area contributed by atoms with E-state index in [1.807, 2.05) is 12.5 Å². The third-order valence-corrected chi connectivity index (χ3v) is 4.41. The van der Waals surface area contributed by atoms with Gasteiger partial charge in [-0.05, 0) is 43.4 Å². The number of H-pyrrole nitrogens is 1. The summed E-state index contributed by atoms with van der Waals surface area (Å²) in [5.41, 5.74) is 0.852. The number of urea groups is 1. The summed E-state index contributed by atoms with van der Waals surface area (Å²) < 4.78 is 13.1. The third kappa shape index (κ3) is 5.14. The molecule has 4 N–H and O–H groups in total. The first-order valence-electron chi connectivity index (χ1n) is 7.40. The number of aromatic amines is 1. The topological polar surface area (TPSA) is 77.2 Å². The van der Waals surface area contributed by atoms with Crippen LogP contribution in [0, 0.1) is 5.82 Å². The normalized spacial score (nSPS) is 13.7. The highest BCUT2D eigenvalue weighted by Crippen LogP contribution is 2.19. The van der Waals surface area contributed by atoms with Gasteiger partial charge in [-0.1, -0.05) is 0 Å². The van der Waals surface area contributed by atoms with Crippen LogP contribution in [0.3, 0.4) is 0 Å². The second-order valence-corrected chi connectivity index (χ2v) is 6.66. The Kier molecular flexibility index (Phi) is 5.90. The number of thioether (sulfide) groups is 1. The Balaban J connectivity index is 1.79. The van der Waals surface area contributed by atoms with E-state index in [1.165, 1.54) is 23.9 Å². The largest absolute Gasteiger partial charge is 0.387 e. The maximum atomic E-state index is 13.1. The fourth-order valence-electron chi connectivity index (χ4n) is 2.37. The quantitative estimate of drug-likeness (QED) is 0.625. The Hall–Kier alpha value is -1.73. The summed E-state index contributed by atoms with van der Waals surface area (Å²) >= 11 is 1.53. The van der Waals surface area contributed by atoms with Crippen LogP contribution in [0.4, 0.5) is 9.18 Å². The minimum Gasteiger partial charge on any atom is -0.387 e. The molecule has 126 valence electrons. The van der Waals surface area contributed by atoms with Crippen LogP contribution in [-0.2, 0) is 6.42 Å². The van der Waals surface area contributed by atoms with Crippen molar-refractivity contribution in [1.82, 2.24) is 15.6 Å². The summed E-state index contributed by atoms with van der Waals surface area (Å²) in [6, 6.07) is 4.30. The van der Waals surface area contributed by atoms with Gasteiger partial charge in [-0.3, -0.25) is 0 Å². The number of hydrogen-bond acceptors (Lipinski definition) is 3. The van der Waals surface area contributed by atoms with Gasteiger partial charge < -0.3 is 20.7 Å². The number of benzene rings is 1. The molecule has 1 heterocycles. The highest BCUT2D eigenvalue weighted by Gasteiger charge is 2.20. The molecule has 2 rings (SSSR count). The molecule has 7 heteroatoms.